The number of hydrogen-bond acceptors (Lipinski definition) is 3. The summed E-state index contributed by atoms with van der Waals surface area (Å²) in [6, 6.07) is 0. The summed E-state index contributed by atoms with van der Waals surface area (Å²) in [5, 5.41) is 9.50. The van der Waals surface area contributed by atoms with Crippen molar-refractivity contribution in [2.24, 2.45) is 5.41 Å². The number of carbonyl (C=O) groups excluding carboxylic acids is 2. The van der Waals surface area contributed by atoms with Gasteiger partial charge in [0.25, 0.3) is 0 Å². The Hall–Kier alpha value is -0.900. The fourth-order valence-electron chi connectivity index (χ4n) is 3.11. The Morgan fingerprint density at radius 1 is 1.24 bits per heavy atom. The molecule has 0 spiro atoms. The van der Waals surface area contributed by atoms with Crippen molar-refractivity contribution >= 4 is 11.8 Å². The fraction of sp³-hybridized carbons (Fsp3) is 0.846. The highest BCUT2D eigenvalue weighted by Crippen LogP contribution is 2.47. The number of rotatable bonds is 4. The highest BCUT2D eigenvalue weighted by atomic mass is 16.3. The second-order valence-electron chi connectivity index (χ2n) is 5.43. The first-order valence-corrected chi connectivity index (χ1v) is 6.53. The van der Waals surface area contributed by atoms with Gasteiger partial charge < -0.3 is 5.11 Å². The molecule has 1 heterocycles. The van der Waals surface area contributed by atoms with E-state index in [1.807, 2.05) is 13.8 Å². The van der Waals surface area contributed by atoms with E-state index in [-0.39, 0.29) is 18.4 Å². The number of imide groups is 1. The van der Waals surface area contributed by atoms with Gasteiger partial charge in [0.15, 0.2) is 0 Å². The molecule has 0 aromatic rings. The largest absolute Gasteiger partial charge is 0.394 e. The topological polar surface area (TPSA) is 57.6 Å². The van der Waals surface area contributed by atoms with Crippen LogP contribution in [0.2, 0.25) is 0 Å². The van der Waals surface area contributed by atoms with Gasteiger partial charge >= 0.3 is 0 Å². The van der Waals surface area contributed by atoms with E-state index in [4.69, 9.17) is 0 Å². The van der Waals surface area contributed by atoms with E-state index in [1.165, 1.54) is 4.90 Å². The molecule has 2 fully saturated rings. The molecule has 96 valence electrons. The van der Waals surface area contributed by atoms with Crippen molar-refractivity contribution < 1.29 is 14.7 Å². The third-order valence-corrected chi connectivity index (χ3v) is 4.80. The maximum Gasteiger partial charge on any atom is 0.236 e. The Balaban J connectivity index is 2.31. The molecule has 0 aromatic carbocycles. The van der Waals surface area contributed by atoms with Crippen molar-refractivity contribution in [2.75, 3.05) is 6.61 Å². The number of hydrogen-bond donors (Lipinski definition) is 1. The summed E-state index contributed by atoms with van der Waals surface area (Å²) in [6.45, 7) is 3.84. The molecule has 0 unspecified atom stereocenters. The minimum absolute atomic E-state index is 0.0544. The van der Waals surface area contributed by atoms with Crippen LogP contribution in [0.4, 0.5) is 0 Å². The van der Waals surface area contributed by atoms with Crippen LogP contribution in [0.5, 0.6) is 0 Å². The average Bonchev–Trinajstić information content (AvgIpc) is 2.53. The monoisotopic (exact) mass is 239 g/mol. The molecule has 4 heteroatoms. The van der Waals surface area contributed by atoms with E-state index in [1.54, 1.807) is 0 Å². The van der Waals surface area contributed by atoms with Crippen molar-refractivity contribution in [2.45, 2.75) is 57.9 Å². The van der Waals surface area contributed by atoms with Gasteiger partial charge in [-0.05, 0) is 32.1 Å². The molecule has 2 aliphatic rings. The fourth-order valence-corrected chi connectivity index (χ4v) is 3.11. The van der Waals surface area contributed by atoms with Crippen LogP contribution in [0.15, 0.2) is 0 Å². The van der Waals surface area contributed by atoms with E-state index in [9.17, 15) is 14.7 Å². The molecule has 1 N–H and O–H groups in total. The second kappa shape index (κ2) is 4.09. The molecule has 0 bridgehead atoms. The molecule has 1 aliphatic heterocycles. The van der Waals surface area contributed by atoms with Gasteiger partial charge in [-0.2, -0.15) is 0 Å². The molecule has 1 saturated carbocycles. The molecular formula is C13H21NO3. The number of nitrogens with zero attached hydrogens (tertiary/aromatic N) is 1. The summed E-state index contributed by atoms with van der Waals surface area (Å²) in [7, 11) is 0. The first-order chi connectivity index (χ1) is 8.05. The SMILES string of the molecule is CCC1(CC)CC(=O)N(C2(CO)CCC2)C1=O. The van der Waals surface area contributed by atoms with Crippen LogP contribution in [0.3, 0.4) is 0 Å². The standard InChI is InChI=1S/C13H21NO3/c1-3-12(4-2)8-10(16)14(11(12)17)13(9-15)6-5-7-13/h15H,3-9H2,1-2H3. The first-order valence-electron chi connectivity index (χ1n) is 6.53. The zero-order valence-electron chi connectivity index (χ0n) is 10.7. The van der Waals surface area contributed by atoms with Crippen molar-refractivity contribution in [3.8, 4) is 0 Å². The smallest absolute Gasteiger partial charge is 0.236 e. The summed E-state index contributed by atoms with van der Waals surface area (Å²) in [5.41, 5.74) is -1.07. The van der Waals surface area contributed by atoms with E-state index in [2.05, 4.69) is 0 Å². The lowest BCUT2D eigenvalue weighted by Crippen LogP contribution is -2.59. The van der Waals surface area contributed by atoms with Crippen LogP contribution in [-0.4, -0.2) is 34.0 Å². The summed E-state index contributed by atoms with van der Waals surface area (Å²) in [6.07, 6.45) is 4.22. The van der Waals surface area contributed by atoms with Crippen LogP contribution >= 0.6 is 0 Å². The van der Waals surface area contributed by atoms with Gasteiger partial charge in [0, 0.05) is 6.42 Å². The van der Waals surface area contributed by atoms with Gasteiger partial charge in [0.1, 0.15) is 0 Å². The molecule has 0 aromatic heterocycles. The zero-order valence-corrected chi connectivity index (χ0v) is 10.7. The Bertz CT molecular complexity index is 337. The second-order valence-corrected chi connectivity index (χ2v) is 5.43. The van der Waals surface area contributed by atoms with Crippen molar-refractivity contribution in [3.63, 3.8) is 0 Å². The molecule has 2 amide bonds. The zero-order chi connectivity index (χ0) is 12.7. The van der Waals surface area contributed by atoms with E-state index < -0.39 is 11.0 Å². The van der Waals surface area contributed by atoms with Crippen LogP contribution in [0.1, 0.15) is 52.4 Å². The minimum Gasteiger partial charge on any atom is -0.394 e. The summed E-state index contributed by atoms with van der Waals surface area (Å²) >= 11 is 0. The van der Waals surface area contributed by atoms with Crippen molar-refractivity contribution in [3.05, 3.63) is 0 Å². The van der Waals surface area contributed by atoms with Crippen LogP contribution < -0.4 is 0 Å². The summed E-state index contributed by atoms with van der Waals surface area (Å²) in [5.74, 6) is -0.145. The lowest BCUT2D eigenvalue weighted by Gasteiger charge is -2.46. The van der Waals surface area contributed by atoms with E-state index in [0.29, 0.717) is 19.3 Å². The number of likely N-dealkylation sites (tertiary alicyclic amines) is 1. The predicted octanol–water partition coefficient (Wildman–Crippen LogP) is 1.47. The molecular weight excluding hydrogens is 218 g/mol. The molecule has 0 radical (unpaired) electrons. The quantitative estimate of drug-likeness (QED) is 0.756. The normalized spacial score (nSPS) is 26.2. The minimum atomic E-state index is -0.569. The number of aliphatic hydroxyl groups is 1. The van der Waals surface area contributed by atoms with Gasteiger partial charge in [-0.1, -0.05) is 13.8 Å². The molecule has 2 rings (SSSR count). The maximum absolute atomic E-state index is 12.5. The Kier molecular flexibility index (Phi) is 3.02. The highest BCUT2D eigenvalue weighted by molar-refractivity contribution is 6.06. The Morgan fingerprint density at radius 2 is 1.82 bits per heavy atom. The highest BCUT2D eigenvalue weighted by Gasteiger charge is 2.57. The summed E-state index contributed by atoms with van der Waals surface area (Å²) in [4.78, 5) is 26.0. The molecule has 17 heavy (non-hydrogen) atoms. The summed E-state index contributed by atoms with van der Waals surface area (Å²) < 4.78 is 0. The number of carbonyl (C=O) groups is 2. The van der Waals surface area contributed by atoms with Gasteiger partial charge in [-0.3, -0.25) is 14.5 Å². The van der Waals surface area contributed by atoms with Gasteiger partial charge in [-0.25, -0.2) is 0 Å². The Morgan fingerprint density at radius 3 is 2.12 bits per heavy atom. The average molecular weight is 239 g/mol. The Labute approximate surface area is 102 Å². The molecule has 1 aliphatic carbocycles. The lowest BCUT2D eigenvalue weighted by molar-refractivity contribution is -0.155. The van der Waals surface area contributed by atoms with E-state index >= 15 is 0 Å². The van der Waals surface area contributed by atoms with Crippen LogP contribution in [-0.2, 0) is 9.59 Å². The third-order valence-electron chi connectivity index (χ3n) is 4.80. The van der Waals surface area contributed by atoms with Crippen molar-refractivity contribution in [1.82, 2.24) is 4.90 Å². The van der Waals surface area contributed by atoms with Gasteiger partial charge in [0.2, 0.25) is 11.8 Å². The number of aliphatic hydroxyl groups excluding tert-OH is 1. The molecule has 0 atom stereocenters. The maximum atomic E-state index is 12.5. The van der Waals surface area contributed by atoms with Crippen LogP contribution in [0, 0.1) is 5.41 Å². The predicted molar refractivity (Wildman–Crippen MR) is 63.2 cm³/mol. The van der Waals surface area contributed by atoms with Crippen LogP contribution in [0.25, 0.3) is 0 Å². The van der Waals surface area contributed by atoms with Gasteiger partial charge in [0.05, 0.1) is 17.6 Å². The van der Waals surface area contributed by atoms with E-state index in [0.717, 1.165) is 19.3 Å². The molecule has 1 saturated heterocycles. The van der Waals surface area contributed by atoms with Crippen molar-refractivity contribution in [1.29, 1.82) is 0 Å². The van der Waals surface area contributed by atoms with Gasteiger partial charge in [-0.15, -0.1) is 0 Å². The first kappa shape index (κ1) is 12.6. The lowest BCUT2D eigenvalue weighted by atomic mass is 9.75. The number of amides is 2. The molecule has 4 nitrogen and oxygen atoms in total. The third kappa shape index (κ3) is 1.53.